The summed E-state index contributed by atoms with van der Waals surface area (Å²) in [5, 5.41) is 5.67. The predicted octanol–water partition coefficient (Wildman–Crippen LogP) is 6.22. The number of benzene rings is 3. The highest BCUT2D eigenvalue weighted by Gasteiger charge is 2.23. The van der Waals surface area contributed by atoms with Crippen LogP contribution in [-0.2, 0) is 0 Å². The van der Waals surface area contributed by atoms with Crippen LogP contribution in [0.25, 0.3) is 22.8 Å². The summed E-state index contributed by atoms with van der Waals surface area (Å²) in [7, 11) is 0. The van der Waals surface area contributed by atoms with Gasteiger partial charge in [-0.3, -0.25) is 9.59 Å². The van der Waals surface area contributed by atoms with Gasteiger partial charge in [0.05, 0.1) is 0 Å². The first-order valence-corrected chi connectivity index (χ1v) is 11.3. The average Bonchev–Trinajstić information content (AvgIpc) is 3.36. The summed E-state index contributed by atoms with van der Waals surface area (Å²) in [5.41, 5.74) is 3.65. The monoisotopic (exact) mass is 474 g/mol. The number of carbonyl (C=O) groups is 2. The van der Waals surface area contributed by atoms with Crippen molar-refractivity contribution in [2.45, 2.75) is 6.92 Å². The van der Waals surface area contributed by atoms with Crippen molar-refractivity contribution in [3.63, 3.8) is 0 Å². The summed E-state index contributed by atoms with van der Waals surface area (Å²) in [5.74, 6) is 0.425. The first kappa shape index (κ1) is 22.7. The summed E-state index contributed by atoms with van der Waals surface area (Å²) in [6.45, 7) is 1.89. The molecule has 0 bridgehead atoms. The molecule has 0 fully saturated rings. The number of carbonyl (C=O) groups excluding carboxylic acids is 2. The van der Waals surface area contributed by atoms with Crippen LogP contribution in [0.15, 0.2) is 108 Å². The van der Waals surface area contributed by atoms with Crippen molar-refractivity contribution in [2.75, 3.05) is 10.6 Å². The van der Waals surface area contributed by atoms with Gasteiger partial charge in [0.15, 0.2) is 11.5 Å². The second-order valence-electron chi connectivity index (χ2n) is 8.08. The van der Waals surface area contributed by atoms with E-state index in [0.29, 0.717) is 34.3 Å². The molecule has 0 aliphatic rings. The number of aromatic nitrogens is 2. The molecule has 176 valence electrons. The van der Waals surface area contributed by atoms with Gasteiger partial charge in [-0.1, -0.05) is 42.5 Å². The molecule has 0 unspecified atom stereocenters. The van der Waals surface area contributed by atoms with Crippen molar-refractivity contribution < 1.29 is 14.0 Å². The van der Waals surface area contributed by atoms with Crippen molar-refractivity contribution in [2.24, 2.45) is 0 Å². The van der Waals surface area contributed by atoms with Gasteiger partial charge in [-0.25, -0.2) is 9.97 Å². The van der Waals surface area contributed by atoms with E-state index in [-0.39, 0.29) is 11.6 Å². The minimum absolute atomic E-state index is 0.135. The van der Waals surface area contributed by atoms with Crippen molar-refractivity contribution in [3.05, 3.63) is 120 Å². The van der Waals surface area contributed by atoms with E-state index in [9.17, 15) is 9.59 Å². The van der Waals surface area contributed by atoms with Crippen molar-refractivity contribution in [1.29, 1.82) is 0 Å². The third-order valence-corrected chi connectivity index (χ3v) is 5.56. The molecule has 0 atom stereocenters. The quantitative estimate of drug-likeness (QED) is 0.305. The van der Waals surface area contributed by atoms with Crippen LogP contribution in [0.3, 0.4) is 0 Å². The second-order valence-corrected chi connectivity index (χ2v) is 8.08. The predicted molar refractivity (Wildman–Crippen MR) is 139 cm³/mol. The fraction of sp³-hybridized carbons (Fsp3) is 0.0345. The third kappa shape index (κ3) is 4.90. The molecule has 2 heterocycles. The van der Waals surface area contributed by atoms with Crippen LogP contribution in [0.4, 0.5) is 11.5 Å². The highest BCUT2D eigenvalue weighted by atomic mass is 16.4. The summed E-state index contributed by atoms with van der Waals surface area (Å²) >= 11 is 0. The van der Waals surface area contributed by atoms with Gasteiger partial charge in [-0.2, -0.15) is 0 Å². The first-order valence-electron chi connectivity index (χ1n) is 11.3. The summed E-state index contributed by atoms with van der Waals surface area (Å²) in [6, 6.07) is 29.1. The molecule has 2 aromatic heterocycles. The lowest BCUT2D eigenvalue weighted by molar-refractivity contribution is 0.101. The lowest BCUT2D eigenvalue weighted by Crippen LogP contribution is -2.14. The molecule has 5 aromatic rings. The Morgan fingerprint density at radius 2 is 1.44 bits per heavy atom. The van der Waals surface area contributed by atoms with Crippen molar-refractivity contribution in [3.8, 4) is 22.8 Å². The standard InChI is InChI=1S/C29H22N4O3/c1-19-9-5-6-12-23(19)27(34)31-22-16-14-20(15-17-22)26-25(28(35)32-24-13-7-8-18-30-24)33-29(36-26)21-10-3-2-4-11-21/h2-18H,1H3,(H,31,34)(H,30,32,35). The smallest absolute Gasteiger partial charge is 0.279 e. The Kier molecular flexibility index (Phi) is 6.36. The molecule has 36 heavy (non-hydrogen) atoms. The van der Waals surface area contributed by atoms with E-state index in [1.807, 2.05) is 55.5 Å². The second kappa shape index (κ2) is 10.1. The van der Waals surface area contributed by atoms with E-state index in [1.54, 1.807) is 54.7 Å². The molecule has 2 amide bonds. The molecule has 2 N–H and O–H groups in total. The molecule has 0 spiro atoms. The number of nitrogens with one attached hydrogen (secondary N) is 2. The summed E-state index contributed by atoms with van der Waals surface area (Å²) in [4.78, 5) is 34.4. The highest BCUT2D eigenvalue weighted by molar-refractivity contribution is 6.07. The van der Waals surface area contributed by atoms with Crippen LogP contribution in [0.1, 0.15) is 26.4 Å². The SMILES string of the molecule is Cc1ccccc1C(=O)Nc1ccc(-c2oc(-c3ccccc3)nc2C(=O)Nc2ccccn2)cc1. The van der Waals surface area contributed by atoms with E-state index in [2.05, 4.69) is 20.6 Å². The van der Waals surface area contributed by atoms with Gasteiger partial charge in [0.1, 0.15) is 5.82 Å². The van der Waals surface area contributed by atoms with Gasteiger partial charge in [-0.15, -0.1) is 0 Å². The zero-order chi connectivity index (χ0) is 24.9. The van der Waals surface area contributed by atoms with Gasteiger partial charge < -0.3 is 15.1 Å². The number of pyridine rings is 1. The van der Waals surface area contributed by atoms with Crippen LogP contribution in [0.5, 0.6) is 0 Å². The Balaban J connectivity index is 1.45. The maximum atomic E-state index is 13.1. The van der Waals surface area contributed by atoms with E-state index < -0.39 is 5.91 Å². The molecular weight excluding hydrogens is 452 g/mol. The Hall–Kier alpha value is -5.04. The normalized spacial score (nSPS) is 10.6. The van der Waals surface area contributed by atoms with Crippen LogP contribution in [0, 0.1) is 6.92 Å². The minimum Gasteiger partial charge on any atom is -0.435 e. The van der Waals surface area contributed by atoms with Crippen LogP contribution in [-0.4, -0.2) is 21.8 Å². The van der Waals surface area contributed by atoms with Crippen LogP contribution >= 0.6 is 0 Å². The first-order chi connectivity index (χ1) is 17.6. The summed E-state index contributed by atoms with van der Waals surface area (Å²) < 4.78 is 6.07. The topological polar surface area (TPSA) is 97.1 Å². The number of oxazole rings is 1. The molecule has 7 heteroatoms. The van der Waals surface area contributed by atoms with E-state index in [0.717, 1.165) is 11.1 Å². The molecule has 0 aliphatic heterocycles. The van der Waals surface area contributed by atoms with E-state index >= 15 is 0 Å². The summed E-state index contributed by atoms with van der Waals surface area (Å²) in [6.07, 6.45) is 1.60. The van der Waals surface area contributed by atoms with Gasteiger partial charge >= 0.3 is 0 Å². The third-order valence-electron chi connectivity index (χ3n) is 5.56. The molecule has 0 aliphatic carbocycles. The Bertz CT molecular complexity index is 1510. The molecule has 7 nitrogen and oxygen atoms in total. The van der Waals surface area contributed by atoms with Crippen LogP contribution in [0.2, 0.25) is 0 Å². The molecule has 3 aromatic carbocycles. The number of rotatable bonds is 6. The molecule has 0 saturated carbocycles. The van der Waals surface area contributed by atoms with E-state index in [1.165, 1.54) is 0 Å². The number of hydrogen-bond acceptors (Lipinski definition) is 5. The van der Waals surface area contributed by atoms with Crippen molar-refractivity contribution >= 4 is 23.3 Å². The molecule has 0 radical (unpaired) electrons. The number of nitrogens with zero attached hydrogens (tertiary/aromatic N) is 2. The fourth-order valence-corrected chi connectivity index (χ4v) is 3.72. The Labute approximate surface area is 207 Å². The lowest BCUT2D eigenvalue weighted by atomic mass is 10.1. The number of aryl methyl sites for hydroxylation is 1. The highest BCUT2D eigenvalue weighted by Crippen LogP contribution is 2.31. The number of amides is 2. The van der Waals surface area contributed by atoms with Crippen molar-refractivity contribution in [1.82, 2.24) is 9.97 Å². The molecule has 5 rings (SSSR count). The largest absolute Gasteiger partial charge is 0.435 e. The fourth-order valence-electron chi connectivity index (χ4n) is 3.72. The number of hydrogen-bond donors (Lipinski definition) is 2. The zero-order valence-corrected chi connectivity index (χ0v) is 19.4. The van der Waals surface area contributed by atoms with Gasteiger partial charge in [0.25, 0.3) is 11.8 Å². The maximum absolute atomic E-state index is 13.1. The number of anilines is 2. The molecule has 0 saturated heterocycles. The van der Waals surface area contributed by atoms with Gasteiger partial charge in [0, 0.05) is 28.6 Å². The Morgan fingerprint density at radius 3 is 2.17 bits per heavy atom. The maximum Gasteiger partial charge on any atom is 0.279 e. The van der Waals surface area contributed by atoms with Crippen LogP contribution < -0.4 is 10.6 Å². The van der Waals surface area contributed by atoms with E-state index in [4.69, 9.17) is 4.42 Å². The minimum atomic E-state index is -0.438. The van der Waals surface area contributed by atoms with Gasteiger partial charge in [-0.05, 0) is 67.1 Å². The van der Waals surface area contributed by atoms with Gasteiger partial charge in [0.2, 0.25) is 5.89 Å². The Morgan fingerprint density at radius 1 is 0.722 bits per heavy atom. The average molecular weight is 475 g/mol. The zero-order valence-electron chi connectivity index (χ0n) is 19.4. The lowest BCUT2D eigenvalue weighted by Gasteiger charge is -2.08. The molecular formula is C29H22N4O3.